The zero-order valence-electron chi connectivity index (χ0n) is 19.0. The predicted molar refractivity (Wildman–Crippen MR) is 130 cm³/mol. The number of fused-ring (bicyclic) bond motifs is 1. The van der Waals surface area contributed by atoms with Crippen LogP contribution < -0.4 is 25.2 Å². The van der Waals surface area contributed by atoms with Gasteiger partial charge in [0.1, 0.15) is 5.02 Å². The Bertz CT molecular complexity index is 1270. The number of hydrogen-bond acceptors (Lipinski definition) is 9. The minimum atomic E-state index is -2.67. The fourth-order valence-electron chi connectivity index (χ4n) is 4.11. The van der Waals surface area contributed by atoms with Crippen LogP contribution in [0.3, 0.4) is 0 Å². The molecule has 0 radical (unpaired) electrons. The number of anilines is 3. The number of aromatic nitrogens is 2. The summed E-state index contributed by atoms with van der Waals surface area (Å²) in [7, 11) is 1.84. The van der Waals surface area contributed by atoms with Gasteiger partial charge in [0.15, 0.2) is 11.5 Å². The zero-order chi connectivity index (χ0) is 24.6. The molecule has 3 aromatic rings. The fourth-order valence-corrected chi connectivity index (χ4v) is 4.30. The van der Waals surface area contributed by atoms with Crippen molar-refractivity contribution in [3.63, 3.8) is 0 Å². The monoisotopic (exact) mass is 500 g/mol. The highest BCUT2D eigenvalue weighted by Gasteiger charge is 2.38. The van der Waals surface area contributed by atoms with Gasteiger partial charge in [-0.25, -0.2) is 0 Å². The lowest BCUT2D eigenvalue weighted by Crippen LogP contribution is -2.37. The first kappa shape index (κ1) is 23.4. The summed E-state index contributed by atoms with van der Waals surface area (Å²) < 4.78 is 16.6. The molecule has 1 saturated heterocycles. The topological polar surface area (TPSA) is 118 Å². The van der Waals surface area contributed by atoms with E-state index in [-0.39, 0.29) is 16.5 Å². The van der Waals surface area contributed by atoms with Gasteiger partial charge in [-0.05, 0) is 55.2 Å². The Labute approximate surface area is 206 Å². The van der Waals surface area contributed by atoms with Crippen molar-refractivity contribution >= 4 is 28.7 Å². The fraction of sp³-hybridized carbons (Fsp3) is 0.333. The largest absolute Gasteiger partial charge is 0.505 e. The van der Waals surface area contributed by atoms with E-state index in [9.17, 15) is 15.0 Å². The summed E-state index contributed by atoms with van der Waals surface area (Å²) in [6.45, 7) is 2.17. The third-order valence-electron chi connectivity index (χ3n) is 6.04. The van der Waals surface area contributed by atoms with Crippen LogP contribution in [0.15, 0.2) is 53.5 Å². The highest BCUT2D eigenvalue weighted by molar-refractivity contribution is 6.32. The highest BCUT2D eigenvalue weighted by atomic mass is 35.5. The summed E-state index contributed by atoms with van der Waals surface area (Å²) in [6, 6.07) is 12.2. The molecule has 5 rings (SSSR count). The van der Waals surface area contributed by atoms with Crippen molar-refractivity contribution in [2.75, 3.05) is 37.0 Å². The second kappa shape index (κ2) is 9.38. The number of nitrogens with zero attached hydrogens (tertiary/aromatic N) is 3. The van der Waals surface area contributed by atoms with Crippen LogP contribution in [-0.2, 0) is 4.74 Å². The van der Waals surface area contributed by atoms with Gasteiger partial charge < -0.3 is 24.4 Å². The lowest BCUT2D eigenvalue weighted by molar-refractivity contribution is -0.385. The Balaban J connectivity index is 1.30. The van der Waals surface area contributed by atoms with Crippen molar-refractivity contribution in [1.82, 2.24) is 9.78 Å². The smallest absolute Gasteiger partial charge is 0.403 e. The summed E-state index contributed by atoms with van der Waals surface area (Å²) in [4.78, 5) is 14.7. The minimum absolute atomic E-state index is 0.0853. The lowest BCUT2D eigenvalue weighted by atomic mass is 10.0. The molecule has 35 heavy (non-hydrogen) atoms. The van der Waals surface area contributed by atoms with Gasteiger partial charge in [0.2, 0.25) is 0 Å². The Kier molecular flexibility index (Phi) is 6.28. The normalized spacial score (nSPS) is 18.3. The molecule has 1 atom stereocenters. The van der Waals surface area contributed by atoms with E-state index in [0.717, 1.165) is 30.8 Å². The van der Waals surface area contributed by atoms with E-state index in [1.54, 1.807) is 36.5 Å². The van der Waals surface area contributed by atoms with Gasteiger partial charge >= 0.3 is 6.16 Å². The molecule has 0 saturated carbocycles. The molecule has 11 heteroatoms. The molecular weight excluding hydrogens is 476 g/mol. The number of halogens is 1. The highest BCUT2D eigenvalue weighted by Crippen LogP contribution is 2.40. The van der Waals surface area contributed by atoms with Crippen LogP contribution in [0.5, 0.6) is 11.5 Å². The van der Waals surface area contributed by atoms with Crippen molar-refractivity contribution in [3.05, 3.63) is 64.0 Å². The first-order valence-corrected chi connectivity index (χ1v) is 11.6. The number of ether oxygens (including phenoxy) is 3. The van der Waals surface area contributed by atoms with E-state index in [4.69, 9.17) is 25.8 Å². The third kappa shape index (κ3) is 4.92. The van der Waals surface area contributed by atoms with Crippen LogP contribution in [0.25, 0.3) is 5.69 Å². The molecule has 0 amide bonds. The maximum Gasteiger partial charge on any atom is 0.505 e. The molecule has 3 heterocycles. The van der Waals surface area contributed by atoms with Crippen molar-refractivity contribution in [3.8, 4) is 17.2 Å². The molecule has 2 aromatic carbocycles. The van der Waals surface area contributed by atoms with E-state index in [1.807, 2.05) is 24.1 Å². The van der Waals surface area contributed by atoms with E-state index >= 15 is 0 Å². The average molecular weight is 501 g/mol. The predicted octanol–water partition coefficient (Wildman–Crippen LogP) is 2.86. The molecule has 2 aliphatic heterocycles. The summed E-state index contributed by atoms with van der Waals surface area (Å²) in [5.41, 5.74) is 2.21. The van der Waals surface area contributed by atoms with E-state index in [1.165, 1.54) is 4.68 Å². The lowest BCUT2D eigenvalue weighted by Gasteiger charge is -2.23. The Morgan fingerprint density at radius 3 is 2.66 bits per heavy atom. The molecule has 3 N–H and O–H groups in total. The summed E-state index contributed by atoms with van der Waals surface area (Å²) in [5, 5.41) is 26.6. The molecule has 1 unspecified atom stereocenters. The van der Waals surface area contributed by atoms with E-state index in [2.05, 4.69) is 10.4 Å². The van der Waals surface area contributed by atoms with Crippen molar-refractivity contribution in [1.29, 1.82) is 0 Å². The number of benzene rings is 2. The van der Waals surface area contributed by atoms with Crippen LogP contribution in [-0.4, -0.2) is 53.0 Å². The molecule has 0 spiro atoms. The third-order valence-corrected chi connectivity index (χ3v) is 6.40. The maximum absolute atomic E-state index is 12.9. The van der Waals surface area contributed by atoms with Gasteiger partial charge in [0.05, 0.1) is 24.2 Å². The van der Waals surface area contributed by atoms with E-state index < -0.39 is 11.7 Å². The number of rotatable bonds is 6. The van der Waals surface area contributed by atoms with Gasteiger partial charge in [0.25, 0.3) is 5.56 Å². The minimum Gasteiger partial charge on any atom is -0.403 e. The summed E-state index contributed by atoms with van der Waals surface area (Å²) >= 11 is 6.36. The quantitative estimate of drug-likeness (QED) is 0.439. The van der Waals surface area contributed by atoms with Crippen LogP contribution in [0, 0.1) is 5.92 Å². The van der Waals surface area contributed by atoms with Crippen molar-refractivity contribution in [2.45, 2.75) is 19.0 Å². The molecule has 0 bridgehead atoms. The van der Waals surface area contributed by atoms with Gasteiger partial charge in [-0.1, -0.05) is 11.6 Å². The van der Waals surface area contributed by atoms with E-state index in [0.29, 0.717) is 30.4 Å². The molecule has 10 nitrogen and oxygen atoms in total. The molecule has 1 aromatic heterocycles. The molecule has 184 valence electrons. The van der Waals surface area contributed by atoms with Crippen molar-refractivity contribution < 1.29 is 24.4 Å². The van der Waals surface area contributed by atoms with Gasteiger partial charge in [-0.15, -0.1) is 0 Å². The zero-order valence-corrected chi connectivity index (χ0v) is 19.7. The Hall–Kier alpha value is -3.31. The van der Waals surface area contributed by atoms with Crippen LogP contribution in [0.4, 0.5) is 17.1 Å². The average Bonchev–Trinajstić information content (AvgIpc) is 3.18. The number of nitrogens with one attached hydrogen (secondary N) is 1. The van der Waals surface area contributed by atoms with Gasteiger partial charge in [-0.2, -0.15) is 9.78 Å². The van der Waals surface area contributed by atoms with Crippen LogP contribution in [0.2, 0.25) is 5.02 Å². The maximum atomic E-state index is 12.9. The summed E-state index contributed by atoms with van der Waals surface area (Å²) in [6.07, 6.45) is 0.998. The van der Waals surface area contributed by atoms with Crippen LogP contribution >= 0.6 is 11.6 Å². The van der Waals surface area contributed by atoms with Gasteiger partial charge in [-0.3, -0.25) is 15.0 Å². The SMILES string of the molecule is CN(c1ccc(-n2ncc(NCC3CCCOC3)c(Cl)c2=O)cc1)c1ccc2c(c1)OC(O)(O)O2. The number of aliphatic hydroxyl groups is 2. The Morgan fingerprint density at radius 2 is 1.91 bits per heavy atom. The van der Waals surface area contributed by atoms with Crippen LogP contribution in [0.1, 0.15) is 12.8 Å². The van der Waals surface area contributed by atoms with Crippen molar-refractivity contribution in [2.24, 2.45) is 5.92 Å². The number of hydrogen-bond donors (Lipinski definition) is 3. The second-order valence-corrected chi connectivity index (χ2v) is 8.89. The first-order valence-electron chi connectivity index (χ1n) is 11.2. The second-order valence-electron chi connectivity index (χ2n) is 8.51. The van der Waals surface area contributed by atoms with Gasteiger partial charge in [0, 0.05) is 37.6 Å². The molecular formula is C24H25ClN4O6. The molecule has 1 fully saturated rings. The first-order chi connectivity index (χ1) is 16.8. The standard InChI is InChI=1S/C24H25ClN4O6/c1-28(18-8-9-20-21(11-18)35-24(31,32)34-20)16-4-6-17(7-5-16)29-23(30)22(25)19(13-27-29)26-12-15-3-2-10-33-14-15/h4-9,11,13,15,26,31-32H,2-3,10,12,14H2,1H3. The summed E-state index contributed by atoms with van der Waals surface area (Å²) in [5.74, 6) is 0.826. The Morgan fingerprint density at radius 1 is 1.17 bits per heavy atom. The molecule has 0 aliphatic carbocycles. The molecule has 2 aliphatic rings.